The van der Waals surface area contributed by atoms with Crippen LogP contribution in [0.1, 0.15) is 52.2 Å². The Bertz CT molecular complexity index is 874. The van der Waals surface area contributed by atoms with Gasteiger partial charge in [0.1, 0.15) is 6.61 Å². The summed E-state index contributed by atoms with van der Waals surface area (Å²) >= 11 is 6.51. The van der Waals surface area contributed by atoms with Gasteiger partial charge in [-0.3, -0.25) is 10.1 Å². The van der Waals surface area contributed by atoms with Gasteiger partial charge in [-0.25, -0.2) is 0 Å². The minimum absolute atomic E-state index is 0.0418. The van der Waals surface area contributed by atoms with Crippen molar-refractivity contribution in [2.45, 2.75) is 59.7 Å². The van der Waals surface area contributed by atoms with E-state index in [1.54, 1.807) is 25.3 Å². The van der Waals surface area contributed by atoms with Crippen LogP contribution in [-0.4, -0.2) is 17.6 Å². The van der Waals surface area contributed by atoms with E-state index < -0.39 is 4.92 Å². The molecule has 0 bridgehead atoms. The molecule has 6 nitrogen and oxygen atoms in total. The van der Waals surface area contributed by atoms with Crippen LogP contribution >= 0.6 is 11.6 Å². The van der Waals surface area contributed by atoms with Gasteiger partial charge in [-0.15, -0.1) is 0 Å². The summed E-state index contributed by atoms with van der Waals surface area (Å²) < 4.78 is 11.4. The quantitative estimate of drug-likeness (QED) is 0.379. The van der Waals surface area contributed by atoms with Crippen molar-refractivity contribution >= 4 is 17.3 Å². The predicted molar refractivity (Wildman–Crippen MR) is 120 cm³/mol. The van der Waals surface area contributed by atoms with Crippen LogP contribution in [-0.2, 0) is 13.2 Å². The second-order valence-corrected chi connectivity index (χ2v) is 9.69. The molecule has 0 saturated heterocycles. The van der Waals surface area contributed by atoms with Gasteiger partial charge < -0.3 is 14.8 Å². The Balaban J connectivity index is 2.08. The van der Waals surface area contributed by atoms with E-state index in [-0.39, 0.29) is 23.2 Å². The first-order valence-electron chi connectivity index (χ1n) is 9.88. The van der Waals surface area contributed by atoms with Gasteiger partial charge in [-0.05, 0) is 55.0 Å². The monoisotopic (exact) mass is 434 g/mol. The summed E-state index contributed by atoms with van der Waals surface area (Å²) in [6, 6.07) is 9.88. The van der Waals surface area contributed by atoms with Crippen molar-refractivity contribution in [2.24, 2.45) is 5.41 Å². The number of benzene rings is 2. The molecule has 0 aliphatic heterocycles. The molecular weight excluding hydrogens is 404 g/mol. The molecule has 0 amide bonds. The maximum atomic E-state index is 10.8. The number of ether oxygens (including phenoxy) is 2. The highest BCUT2D eigenvalue weighted by atomic mass is 35.5. The first kappa shape index (κ1) is 24.0. The first-order valence-corrected chi connectivity index (χ1v) is 10.3. The normalized spacial score (nSPS) is 12.0. The molecule has 164 valence electrons. The van der Waals surface area contributed by atoms with Crippen molar-refractivity contribution < 1.29 is 14.4 Å². The number of nitro groups is 1. The zero-order valence-corrected chi connectivity index (χ0v) is 19.3. The number of hydrogen-bond acceptors (Lipinski definition) is 5. The summed E-state index contributed by atoms with van der Waals surface area (Å²) in [4.78, 5) is 10.3. The fraction of sp³-hybridized carbons (Fsp3) is 0.478. The predicted octanol–water partition coefficient (Wildman–Crippen LogP) is 6.14. The largest absolute Gasteiger partial charge is 0.493 e. The molecule has 2 rings (SSSR count). The highest BCUT2D eigenvalue weighted by Gasteiger charge is 2.25. The maximum absolute atomic E-state index is 10.8. The number of nitro benzene ring substituents is 1. The lowest BCUT2D eigenvalue weighted by Crippen LogP contribution is -2.41. The number of rotatable bonds is 9. The van der Waals surface area contributed by atoms with Crippen LogP contribution in [0.3, 0.4) is 0 Å². The van der Waals surface area contributed by atoms with Crippen LogP contribution in [0.15, 0.2) is 36.4 Å². The molecule has 0 atom stereocenters. The Morgan fingerprint density at radius 3 is 2.23 bits per heavy atom. The van der Waals surface area contributed by atoms with Gasteiger partial charge >= 0.3 is 0 Å². The van der Waals surface area contributed by atoms with Crippen molar-refractivity contribution in [1.82, 2.24) is 5.32 Å². The highest BCUT2D eigenvalue weighted by molar-refractivity contribution is 6.31. The van der Waals surface area contributed by atoms with Gasteiger partial charge in [0.15, 0.2) is 11.5 Å². The highest BCUT2D eigenvalue weighted by Crippen LogP contribution is 2.35. The van der Waals surface area contributed by atoms with Crippen LogP contribution in [0.4, 0.5) is 5.69 Å². The second kappa shape index (κ2) is 9.67. The lowest BCUT2D eigenvalue weighted by atomic mass is 9.82. The van der Waals surface area contributed by atoms with E-state index in [2.05, 4.69) is 39.9 Å². The molecule has 1 N–H and O–H groups in total. The Kier molecular flexibility index (Phi) is 7.72. The van der Waals surface area contributed by atoms with Crippen LogP contribution < -0.4 is 14.8 Å². The van der Waals surface area contributed by atoms with Crippen molar-refractivity contribution in [3.8, 4) is 11.5 Å². The van der Waals surface area contributed by atoms with Crippen LogP contribution in [0.5, 0.6) is 11.5 Å². The van der Waals surface area contributed by atoms with Gasteiger partial charge in [0.25, 0.3) is 5.69 Å². The number of nitrogens with one attached hydrogen (secondary N) is 1. The summed E-state index contributed by atoms with van der Waals surface area (Å²) in [6.45, 7) is 11.9. The Morgan fingerprint density at radius 2 is 1.70 bits per heavy atom. The number of methoxy groups -OCH3 is 1. The zero-order valence-electron chi connectivity index (χ0n) is 18.5. The molecule has 30 heavy (non-hydrogen) atoms. The standard InChI is InChI=1S/C23H31ClN2O4/c1-22(2,3)15-23(4,5)25-13-17-11-20(29-6)21(12-19(17)24)30-14-16-7-9-18(10-8-16)26(27)28/h7-12,25H,13-15H2,1-6H3. The van der Waals surface area contributed by atoms with E-state index in [9.17, 15) is 10.1 Å². The molecule has 0 aliphatic rings. The van der Waals surface area contributed by atoms with E-state index in [0.717, 1.165) is 17.5 Å². The van der Waals surface area contributed by atoms with Crippen molar-refractivity contribution in [3.05, 3.63) is 62.7 Å². The SMILES string of the molecule is COc1cc(CNC(C)(C)CC(C)(C)C)c(Cl)cc1OCc1ccc([N+](=O)[O-])cc1. The van der Waals surface area contributed by atoms with Gasteiger partial charge in [0, 0.05) is 35.3 Å². The van der Waals surface area contributed by atoms with Crippen molar-refractivity contribution in [1.29, 1.82) is 0 Å². The summed E-state index contributed by atoms with van der Waals surface area (Å²) in [6.07, 6.45) is 1.02. The third-order valence-corrected chi connectivity index (χ3v) is 4.96. The lowest BCUT2D eigenvalue weighted by Gasteiger charge is -2.33. The number of non-ortho nitro benzene ring substituents is 1. The van der Waals surface area contributed by atoms with E-state index >= 15 is 0 Å². The molecule has 0 aromatic heterocycles. The first-order chi connectivity index (χ1) is 13.9. The zero-order chi connectivity index (χ0) is 22.5. The Hall–Kier alpha value is -2.31. The molecule has 0 radical (unpaired) electrons. The lowest BCUT2D eigenvalue weighted by molar-refractivity contribution is -0.384. The van der Waals surface area contributed by atoms with Gasteiger partial charge in [-0.1, -0.05) is 32.4 Å². The molecule has 2 aromatic rings. The molecule has 0 spiro atoms. The summed E-state index contributed by atoms with van der Waals surface area (Å²) in [5.41, 5.74) is 1.96. The van der Waals surface area contributed by atoms with E-state index in [1.165, 1.54) is 12.1 Å². The summed E-state index contributed by atoms with van der Waals surface area (Å²) in [5, 5.41) is 14.9. The minimum atomic E-state index is -0.428. The molecule has 0 aliphatic carbocycles. The average molecular weight is 435 g/mol. The van der Waals surface area contributed by atoms with Crippen molar-refractivity contribution in [3.63, 3.8) is 0 Å². The molecule has 0 saturated carbocycles. The number of hydrogen-bond donors (Lipinski definition) is 1. The van der Waals surface area contributed by atoms with Crippen LogP contribution in [0, 0.1) is 15.5 Å². The fourth-order valence-corrected chi connectivity index (χ4v) is 3.80. The van der Waals surface area contributed by atoms with Gasteiger partial charge in [-0.2, -0.15) is 0 Å². The van der Waals surface area contributed by atoms with Crippen molar-refractivity contribution in [2.75, 3.05) is 7.11 Å². The van der Waals surface area contributed by atoms with Gasteiger partial charge in [0.05, 0.1) is 12.0 Å². The molecule has 0 unspecified atom stereocenters. The molecule has 0 heterocycles. The maximum Gasteiger partial charge on any atom is 0.269 e. The van der Waals surface area contributed by atoms with E-state index in [1.807, 2.05) is 6.07 Å². The van der Waals surface area contributed by atoms with E-state index in [4.69, 9.17) is 21.1 Å². The number of halogens is 1. The topological polar surface area (TPSA) is 73.6 Å². The van der Waals surface area contributed by atoms with Crippen LogP contribution in [0.2, 0.25) is 5.02 Å². The third-order valence-electron chi connectivity index (χ3n) is 4.60. The van der Waals surface area contributed by atoms with Gasteiger partial charge in [0.2, 0.25) is 0 Å². The molecule has 2 aromatic carbocycles. The minimum Gasteiger partial charge on any atom is -0.493 e. The molecule has 7 heteroatoms. The average Bonchev–Trinajstić information content (AvgIpc) is 2.64. The summed E-state index contributed by atoms with van der Waals surface area (Å²) in [7, 11) is 1.59. The summed E-state index contributed by atoms with van der Waals surface area (Å²) in [5.74, 6) is 1.12. The smallest absolute Gasteiger partial charge is 0.269 e. The van der Waals surface area contributed by atoms with E-state index in [0.29, 0.717) is 23.1 Å². The molecule has 0 fully saturated rings. The Labute approximate surface area is 183 Å². The molecular formula is C23H31ClN2O4. The third kappa shape index (κ3) is 7.18. The number of nitrogens with zero attached hydrogens (tertiary/aromatic N) is 1. The fourth-order valence-electron chi connectivity index (χ4n) is 3.58. The van der Waals surface area contributed by atoms with Crippen LogP contribution in [0.25, 0.3) is 0 Å². The Morgan fingerprint density at radius 1 is 1.07 bits per heavy atom. The second-order valence-electron chi connectivity index (χ2n) is 9.28.